The zero-order valence-electron chi connectivity index (χ0n) is 9.35. The van der Waals surface area contributed by atoms with Crippen molar-refractivity contribution in [2.75, 3.05) is 11.1 Å². The molecular formula is C13H11ClN2O2. The summed E-state index contributed by atoms with van der Waals surface area (Å²) in [5.74, 6) is -0.191. The molecule has 0 aromatic heterocycles. The van der Waals surface area contributed by atoms with Gasteiger partial charge in [0.1, 0.15) is 5.75 Å². The van der Waals surface area contributed by atoms with Gasteiger partial charge in [-0.25, -0.2) is 0 Å². The van der Waals surface area contributed by atoms with Crippen molar-refractivity contribution in [3.8, 4) is 5.75 Å². The lowest BCUT2D eigenvalue weighted by molar-refractivity contribution is 0.102. The lowest BCUT2D eigenvalue weighted by atomic mass is 10.2. The van der Waals surface area contributed by atoms with Crippen LogP contribution in [0.3, 0.4) is 0 Å². The normalized spacial score (nSPS) is 10.1. The standard InChI is InChI=1S/C13H11ClN2O2/c14-12-7-8(15)1-6-11(12)13(18)16-9-2-4-10(17)5-3-9/h1-7,17H,15H2,(H,16,18). The quantitative estimate of drug-likeness (QED) is 0.575. The number of benzene rings is 2. The molecule has 92 valence electrons. The Hall–Kier alpha value is -2.20. The first-order valence-corrected chi connectivity index (χ1v) is 5.59. The Labute approximate surface area is 109 Å². The molecule has 0 radical (unpaired) electrons. The molecule has 0 fully saturated rings. The molecule has 0 unspecified atom stereocenters. The summed E-state index contributed by atoms with van der Waals surface area (Å²) in [6, 6.07) is 10.9. The predicted octanol–water partition coefficient (Wildman–Crippen LogP) is 2.88. The third-order valence-electron chi connectivity index (χ3n) is 2.36. The molecule has 2 aromatic carbocycles. The maximum absolute atomic E-state index is 11.9. The van der Waals surface area contributed by atoms with E-state index in [1.54, 1.807) is 24.3 Å². The van der Waals surface area contributed by atoms with Crippen LogP contribution in [0.15, 0.2) is 42.5 Å². The SMILES string of the molecule is Nc1ccc(C(=O)Nc2ccc(O)cc2)c(Cl)c1. The van der Waals surface area contributed by atoms with Gasteiger partial charge in [-0.2, -0.15) is 0 Å². The highest BCUT2D eigenvalue weighted by atomic mass is 35.5. The van der Waals surface area contributed by atoms with E-state index in [0.717, 1.165) is 0 Å². The molecule has 2 rings (SSSR count). The second-order valence-corrected chi connectivity index (χ2v) is 4.15. The number of phenols is 1. The van der Waals surface area contributed by atoms with Crippen LogP contribution in [0.5, 0.6) is 5.75 Å². The average Bonchev–Trinajstić information content (AvgIpc) is 2.32. The number of amides is 1. The molecule has 4 nitrogen and oxygen atoms in total. The van der Waals surface area contributed by atoms with Crippen LogP contribution in [-0.4, -0.2) is 11.0 Å². The van der Waals surface area contributed by atoms with Crippen molar-refractivity contribution in [1.29, 1.82) is 0 Å². The van der Waals surface area contributed by atoms with Crippen LogP contribution in [0.2, 0.25) is 5.02 Å². The number of aromatic hydroxyl groups is 1. The van der Waals surface area contributed by atoms with Crippen molar-refractivity contribution in [3.63, 3.8) is 0 Å². The number of hydrogen-bond donors (Lipinski definition) is 3. The van der Waals surface area contributed by atoms with E-state index in [1.165, 1.54) is 18.2 Å². The molecule has 0 aliphatic rings. The van der Waals surface area contributed by atoms with Gasteiger partial charge in [-0.1, -0.05) is 11.6 Å². The molecule has 5 heteroatoms. The summed E-state index contributed by atoms with van der Waals surface area (Å²) in [4.78, 5) is 11.9. The Morgan fingerprint density at radius 1 is 1.17 bits per heavy atom. The van der Waals surface area contributed by atoms with Crippen molar-refractivity contribution in [1.82, 2.24) is 0 Å². The van der Waals surface area contributed by atoms with Crippen molar-refractivity contribution in [2.45, 2.75) is 0 Å². The van der Waals surface area contributed by atoms with Crippen LogP contribution in [0.25, 0.3) is 0 Å². The lowest BCUT2D eigenvalue weighted by Crippen LogP contribution is -2.12. The minimum atomic E-state index is -0.328. The van der Waals surface area contributed by atoms with Gasteiger partial charge in [-0.3, -0.25) is 4.79 Å². The number of carbonyl (C=O) groups excluding carboxylic acids is 1. The Morgan fingerprint density at radius 2 is 1.83 bits per heavy atom. The highest BCUT2D eigenvalue weighted by Crippen LogP contribution is 2.21. The van der Waals surface area contributed by atoms with Gasteiger partial charge in [0, 0.05) is 11.4 Å². The summed E-state index contributed by atoms with van der Waals surface area (Å²) in [7, 11) is 0. The second kappa shape index (κ2) is 4.98. The first-order valence-electron chi connectivity index (χ1n) is 5.21. The topological polar surface area (TPSA) is 75.4 Å². The third kappa shape index (κ3) is 2.73. The van der Waals surface area contributed by atoms with Crippen LogP contribution in [-0.2, 0) is 0 Å². The minimum absolute atomic E-state index is 0.138. The van der Waals surface area contributed by atoms with Gasteiger partial charge in [0.05, 0.1) is 10.6 Å². The Kier molecular flexibility index (Phi) is 3.39. The van der Waals surface area contributed by atoms with Crippen molar-refractivity contribution < 1.29 is 9.90 Å². The average molecular weight is 263 g/mol. The van der Waals surface area contributed by atoms with E-state index in [1.807, 2.05) is 0 Å². The Balaban J connectivity index is 2.19. The molecular weight excluding hydrogens is 252 g/mol. The number of nitrogens with two attached hydrogens (primary N) is 1. The molecule has 4 N–H and O–H groups in total. The molecule has 0 aliphatic carbocycles. The molecule has 0 saturated heterocycles. The summed E-state index contributed by atoms with van der Waals surface area (Å²) >= 11 is 5.94. The summed E-state index contributed by atoms with van der Waals surface area (Å²) in [5.41, 5.74) is 6.97. The zero-order chi connectivity index (χ0) is 13.1. The maximum Gasteiger partial charge on any atom is 0.257 e. The fourth-order valence-corrected chi connectivity index (χ4v) is 1.73. The van der Waals surface area contributed by atoms with Crippen molar-refractivity contribution in [2.24, 2.45) is 0 Å². The fourth-order valence-electron chi connectivity index (χ4n) is 1.46. The van der Waals surface area contributed by atoms with Gasteiger partial charge in [0.2, 0.25) is 0 Å². The van der Waals surface area contributed by atoms with E-state index >= 15 is 0 Å². The van der Waals surface area contributed by atoms with E-state index in [4.69, 9.17) is 22.4 Å². The number of hydrogen-bond acceptors (Lipinski definition) is 3. The first kappa shape index (κ1) is 12.3. The monoisotopic (exact) mass is 262 g/mol. The third-order valence-corrected chi connectivity index (χ3v) is 2.68. The van der Waals surface area contributed by atoms with Gasteiger partial charge < -0.3 is 16.2 Å². The Morgan fingerprint density at radius 3 is 2.44 bits per heavy atom. The summed E-state index contributed by atoms with van der Waals surface area (Å²) in [6.45, 7) is 0. The number of nitrogens with one attached hydrogen (secondary N) is 1. The van der Waals surface area contributed by atoms with E-state index in [0.29, 0.717) is 22.0 Å². The number of nitrogen functional groups attached to an aromatic ring is 1. The van der Waals surface area contributed by atoms with E-state index in [9.17, 15) is 4.79 Å². The molecule has 1 amide bonds. The molecule has 0 aliphatic heterocycles. The highest BCUT2D eigenvalue weighted by Gasteiger charge is 2.10. The van der Waals surface area contributed by atoms with Crippen molar-refractivity contribution in [3.05, 3.63) is 53.1 Å². The molecule has 0 bridgehead atoms. The van der Waals surface area contributed by atoms with E-state index in [-0.39, 0.29) is 11.7 Å². The van der Waals surface area contributed by atoms with E-state index in [2.05, 4.69) is 5.32 Å². The first-order chi connectivity index (χ1) is 8.56. The van der Waals surface area contributed by atoms with Gasteiger partial charge >= 0.3 is 0 Å². The minimum Gasteiger partial charge on any atom is -0.508 e. The predicted molar refractivity (Wildman–Crippen MR) is 71.9 cm³/mol. The van der Waals surface area contributed by atoms with Crippen molar-refractivity contribution >= 4 is 28.9 Å². The van der Waals surface area contributed by atoms with Crippen LogP contribution < -0.4 is 11.1 Å². The smallest absolute Gasteiger partial charge is 0.257 e. The summed E-state index contributed by atoms with van der Waals surface area (Å²) in [5, 5.41) is 12.1. The molecule has 0 heterocycles. The lowest BCUT2D eigenvalue weighted by Gasteiger charge is -2.07. The molecule has 0 saturated carbocycles. The maximum atomic E-state index is 11.9. The van der Waals surface area contributed by atoms with Crippen LogP contribution >= 0.6 is 11.6 Å². The zero-order valence-corrected chi connectivity index (χ0v) is 10.1. The number of rotatable bonds is 2. The van der Waals surface area contributed by atoms with Gasteiger partial charge in [0.25, 0.3) is 5.91 Å². The second-order valence-electron chi connectivity index (χ2n) is 3.74. The van der Waals surface area contributed by atoms with E-state index < -0.39 is 0 Å². The van der Waals surface area contributed by atoms with Gasteiger partial charge in [0.15, 0.2) is 0 Å². The number of carbonyl (C=O) groups is 1. The number of anilines is 2. The highest BCUT2D eigenvalue weighted by molar-refractivity contribution is 6.34. The molecule has 0 atom stereocenters. The summed E-state index contributed by atoms with van der Waals surface area (Å²) < 4.78 is 0. The largest absolute Gasteiger partial charge is 0.508 e. The van der Waals surface area contributed by atoms with Crippen LogP contribution in [0.4, 0.5) is 11.4 Å². The van der Waals surface area contributed by atoms with Gasteiger partial charge in [-0.05, 0) is 42.5 Å². The number of phenolic OH excluding ortho intramolecular Hbond substituents is 1. The Bertz CT molecular complexity index is 582. The molecule has 18 heavy (non-hydrogen) atoms. The summed E-state index contributed by atoms with van der Waals surface area (Å²) in [6.07, 6.45) is 0. The molecule has 2 aromatic rings. The molecule has 0 spiro atoms. The fraction of sp³-hybridized carbons (Fsp3) is 0. The number of halogens is 1. The van der Waals surface area contributed by atoms with Gasteiger partial charge in [-0.15, -0.1) is 0 Å². The van der Waals surface area contributed by atoms with Crippen LogP contribution in [0.1, 0.15) is 10.4 Å². The van der Waals surface area contributed by atoms with Crippen LogP contribution in [0, 0.1) is 0 Å².